The largest absolute Gasteiger partial charge is 0.374 e. The molecular formula is C20H22FN3O2. The summed E-state index contributed by atoms with van der Waals surface area (Å²) in [6, 6.07) is 11.5. The topological polar surface area (TPSA) is 61.4 Å². The number of aryl methyl sites for hydroxylation is 1. The minimum absolute atomic E-state index is 0.142. The number of carbonyl (C=O) groups is 2. The highest BCUT2D eigenvalue weighted by atomic mass is 19.1. The second-order valence-corrected chi connectivity index (χ2v) is 6.52. The van der Waals surface area contributed by atoms with Crippen LogP contribution in [-0.4, -0.2) is 24.4 Å². The number of benzene rings is 2. The molecule has 2 amide bonds. The van der Waals surface area contributed by atoms with Crippen LogP contribution in [0.25, 0.3) is 0 Å². The molecule has 1 atom stereocenters. The quantitative estimate of drug-likeness (QED) is 0.860. The summed E-state index contributed by atoms with van der Waals surface area (Å²) < 4.78 is 13.6. The summed E-state index contributed by atoms with van der Waals surface area (Å²) in [5.41, 5.74) is 2.60. The van der Waals surface area contributed by atoms with E-state index in [2.05, 4.69) is 10.6 Å². The van der Waals surface area contributed by atoms with Crippen molar-refractivity contribution in [3.63, 3.8) is 0 Å². The summed E-state index contributed by atoms with van der Waals surface area (Å²) in [4.78, 5) is 25.8. The number of hydrogen-bond acceptors (Lipinski definition) is 3. The van der Waals surface area contributed by atoms with Crippen molar-refractivity contribution >= 4 is 28.9 Å². The van der Waals surface area contributed by atoms with Crippen molar-refractivity contribution in [2.75, 3.05) is 22.1 Å². The van der Waals surface area contributed by atoms with E-state index in [1.54, 1.807) is 30.9 Å². The fourth-order valence-electron chi connectivity index (χ4n) is 2.90. The van der Waals surface area contributed by atoms with Gasteiger partial charge in [-0.15, -0.1) is 0 Å². The minimum Gasteiger partial charge on any atom is -0.374 e. The van der Waals surface area contributed by atoms with Gasteiger partial charge in [0.05, 0.1) is 0 Å². The van der Waals surface area contributed by atoms with Crippen molar-refractivity contribution in [1.29, 1.82) is 0 Å². The number of amides is 2. The summed E-state index contributed by atoms with van der Waals surface area (Å²) in [6.45, 7) is 4.15. The molecule has 6 heteroatoms. The Morgan fingerprint density at radius 3 is 2.46 bits per heavy atom. The summed E-state index contributed by atoms with van der Waals surface area (Å²) in [7, 11) is 0. The smallest absolute Gasteiger partial charge is 0.246 e. The number of carbonyl (C=O) groups excluding carboxylic acids is 2. The zero-order chi connectivity index (χ0) is 18.7. The van der Waals surface area contributed by atoms with Gasteiger partial charge in [0.1, 0.15) is 11.9 Å². The van der Waals surface area contributed by atoms with E-state index in [9.17, 15) is 14.0 Å². The molecule has 0 unspecified atom stereocenters. The van der Waals surface area contributed by atoms with E-state index in [1.807, 2.05) is 24.3 Å². The third-order valence-electron chi connectivity index (χ3n) is 4.47. The van der Waals surface area contributed by atoms with Gasteiger partial charge in [0.2, 0.25) is 11.8 Å². The lowest BCUT2D eigenvalue weighted by molar-refractivity contribution is -0.117. The molecule has 2 N–H and O–H groups in total. The number of hydrogen-bond donors (Lipinski definition) is 2. The maximum absolute atomic E-state index is 13.6. The molecule has 2 aromatic rings. The highest BCUT2D eigenvalue weighted by Crippen LogP contribution is 2.23. The van der Waals surface area contributed by atoms with Gasteiger partial charge in [-0.3, -0.25) is 9.59 Å². The summed E-state index contributed by atoms with van der Waals surface area (Å²) >= 11 is 0. The lowest BCUT2D eigenvalue weighted by atomic mass is 10.2. The fraction of sp³-hybridized carbons (Fsp3) is 0.300. The molecule has 1 aliphatic heterocycles. The van der Waals surface area contributed by atoms with E-state index in [1.165, 1.54) is 6.07 Å². The average Bonchev–Trinajstić information content (AvgIpc) is 3.05. The van der Waals surface area contributed by atoms with Crippen LogP contribution >= 0.6 is 0 Å². The Bertz CT molecular complexity index is 820. The van der Waals surface area contributed by atoms with Crippen LogP contribution in [0.5, 0.6) is 0 Å². The number of rotatable bonds is 5. The molecule has 0 aliphatic carbocycles. The van der Waals surface area contributed by atoms with Crippen molar-refractivity contribution in [1.82, 2.24) is 0 Å². The Morgan fingerprint density at radius 1 is 1.15 bits per heavy atom. The van der Waals surface area contributed by atoms with Crippen molar-refractivity contribution in [3.05, 3.63) is 53.8 Å². The van der Waals surface area contributed by atoms with Gasteiger partial charge in [0.25, 0.3) is 0 Å². The first-order valence-corrected chi connectivity index (χ1v) is 8.68. The molecule has 26 heavy (non-hydrogen) atoms. The van der Waals surface area contributed by atoms with Gasteiger partial charge in [0.15, 0.2) is 0 Å². The molecule has 1 heterocycles. The molecule has 1 saturated heterocycles. The number of halogens is 1. The maximum Gasteiger partial charge on any atom is 0.246 e. The van der Waals surface area contributed by atoms with Gasteiger partial charge in [-0.05, 0) is 62.2 Å². The second kappa shape index (κ2) is 7.56. The van der Waals surface area contributed by atoms with Gasteiger partial charge in [0, 0.05) is 30.0 Å². The molecule has 3 rings (SSSR count). The van der Waals surface area contributed by atoms with Gasteiger partial charge in [-0.25, -0.2) is 4.39 Å². The molecule has 136 valence electrons. The van der Waals surface area contributed by atoms with Gasteiger partial charge in [-0.1, -0.05) is 6.07 Å². The molecule has 0 radical (unpaired) electrons. The Labute approximate surface area is 152 Å². The fourth-order valence-corrected chi connectivity index (χ4v) is 2.90. The average molecular weight is 355 g/mol. The molecule has 2 aromatic carbocycles. The van der Waals surface area contributed by atoms with Crippen LogP contribution in [0.15, 0.2) is 42.5 Å². The molecule has 5 nitrogen and oxygen atoms in total. The predicted molar refractivity (Wildman–Crippen MR) is 101 cm³/mol. The summed E-state index contributed by atoms with van der Waals surface area (Å²) in [5.74, 6) is -0.466. The van der Waals surface area contributed by atoms with E-state index < -0.39 is 6.04 Å². The Morgan fingerprint density at radius 2 is 1.85 bits per heavy atom. The molecule has 0 saturated carbocycles. The molecule has 0 aromatic heterocycles. The molecule has 0 spiro atoms. The highest BCUT2D eigenvalue weighted by Gasteiger charge is 2.21. The highest BCUT2D eigenvalue weighted by molar-refractivity contribution is 5.97. The van der Waals surface area contributed by atoms with Gasteiger partial charge >= 0.3 is 0 Å². The van der Waals surface area contributed by atoms with E-state index in [-0.39, 0.29) is 17.6 Å². The zero-order valence-electron chi connectivity index (χ0n) is 14.9. The Balaban J connectivity index is 1.59. The van der Waals surface area contributed by atoms with E-state index in [0.717, 1.165) is 24.3 Å². The van der Waals surface area contributed by atoms with Crippen LogP contribution < -0.4 is 15.5 Å². The van der Waals surface area contributed by atoms with Gasteiger partial charge in [-0.2, -0.15) is 0 Å². The SMILES string of the molecule is Cc1ccc(NC(=O)[C@@H](C)Nc2ccc(N3CCCC3=O)cc2)cc1F. The first-order chi connectivity index (χ1) is 12.4. The monoisotopic (exact) mass is 355 g/mol. The second-order valence-electron chi connectivity index (χ2n) is 6.52. The minimum atomic E-state index is -0.501. The first kappa shape index (κ1) is 17.9. The van der Waals surface area contributed by atoms with Crippen molar-refractivity contribution in [2.24, 2.45) is 0 Å². The third-order valence-corrected chi connectivity index (χ3v) is 4.47. The standard InChI is InChI=1S/C20H22FN3O2/c1-13-5-6-16(12-18(13)21)23-20(26)14(2)22-15-7-9-17(10-8-15)24-11-3-4-19(24)25/h5-10,12,14,22H,3-4,11H2,1-2H3,(H,23,26)/t14-/m1/s1. The van der Waals surface area contributed by atoms with Crippen LogP contribution in [0.2, 0.25) is 0 Å². The van der Waals surface area contributed by atoms with Crippen LogP contribution in [0.4, 0.5) is 21.5 Å². The van der Waals surface area contributed by atoms with Gasteiger partial charge < -0.3 is 15.5 Å². The summed E-state index contributed by atoms with van der Waals surface area (Å²) in [6.07, 6.45) is 1.48. The van der Waals surface area contributed by atoms with Crippen molar-refractivity contribution in [3.8, 4) is 0 Å². The van der Waals surface area contributed by atoms with Crippen molar-refractivity contribution in [2.45, 2.75) is 32.7 Å². The van der Waals surface area contributed by atoms with E-state index in [4.69, 9.17) is 0 Å². The van der Waals surface area contributed by atoms with E-state index >= 15 is 0 Å². The third kappa shape index (κ3) is 4.02. The molecule has 0 bridgehead atoms. The molecule has 1 aliphatic rings. The van der Waals surface area contributed by atoms with Crippen LogP contribution in [-0.2, 0) is 9.59 Å². The predicted octanol–water partition coefficient (Wildman–Crippen LogP) is 3.70. The Kier molecular flexibility index (Phi) is 5.21. The van der Waals surface area contributed by atoms with Crippen LogP contribution in [0.3, 0.4) is 0 Å². The van der Waals surface area contributed by atoms with E-state index in [0.29, 0.717) is 17.7 Å². The Hall–Kier alpha value is -2.89. The summed E-state index contributed by atoms with van der Waals surface area (Å²) in [5, 5.41) is 5.81. The lowest BCUT2D eigenvalue weighted by Gasteiger charge is -2.18. The van der Waals surface area contributed by atoms with Crippen molar-refractivity contribution < 1.29 is 14.0 Å². The molecule has 1 fully saturated rings. The normalized spacial score (nSPS) is 15.0. The van der Waals surface area contributed by atoms with Crippen LogP contribution in [0, 0.1) is 12.7 Å². The number of nitrogens with zero attached hydrogens (tertiary/aromatic N) is 1. The zero-order valence-corrected chi connectivity index (χ0v) is 14.9. The lowest BCUT2D eigenvalue weighted by Crippen LogP contribution is -2.32. The first-order valence-electron chi connectivity index (χ1n) is 8.68. The number of anilines is 3. The van der Waals surface area contributed by atoms with Crippen LogP contribution in [0.1, 0.15) is 25.3 Å². The maximum atomic E-state index is 13.6. The number of nitrogens with one attached hydrogen (secondary N) is 2. The molecular weight excluding hydrogens is 333 g/mol.